The van der Waals surface area contributed by atoms with Crippen molar-refractivity contribution in [2.45, 2.75) is 32.9 Å². The first-order chi connectivity index (χ1) is 13.6. The highest BCUT2D eigenvalue weighted by molar-refractivity contribution is 6.33. The van der Waals surface area contributed by atoms with Crippen LogP contribution < -0.4 is 20.0 Å². The van der Waals surface area contributed by atoms with Crippen LogP contribution in [-0.2, 0) is 19.5 Å². The third-order valence-corrected chi connectivity index (χ3v) is 5.38. The SMILES string of the molecule is CCCc1cc(=O)oc2c3c(c(Cl)cc12)OC[NH+](Cc1ccc(OC)cc1)C3. The number of hydrogen-bond acceptors (Lipinski definition) is 4. The molecule has 0 amide bonds. The summed E-state index contributed by atoms with van der Waals surface area (Å²) in [6.07, 6.45) is 1.75. The van der Waals surface area contributed by atoms with Crippen LogP contribution in [0.25, 0.3) is 11.0 Å². The van der Waals surface area contributed by atoms with Gasteiger partial charge >= 0.3 is 5.63 Å². The number of aryl methyl sites for hydroxylation is 1. The number of benzene rings is 2. The van der Waals surface area contributed by atoms with Crippen molar-refractivity contribution in [3.05, 3.63) is 68.5 Å². The van der Waals surface area contributed by atoms with Crippen LogP contribution in [0.3, 0.4) is 0 Å². The van der Waals surface area contributed by atoms with Gasteiger partial charge in [-0.25, -0.2) is 4.79 Å². The van der Waals surface area contributed by atoms with Crippen LogP contribution in [0.1, 0.15) is 30.0 Å². The molecule has 4 rings (SSSR count). The Labute approximate surface area is 168 Å². The lowest BCUT2D eigenvalue weighted by molar-refractivity contribution is -0.945. The Morgan fingerprint density at radius 3 is 2.71 bits per heavy atom. The molecule has 2 heterocycles. The van der Waals surface area contributed by atoms with Crippen molar-refractivity contribution in [1.82, 2.24) is 0 Å². The van der Waals surface area contributed by atoms with Crippen molar-refractivity contribution in [3.63, 3.8) is 0 Å². The maximum absolute atomic E-state index is 12.1. The number of nitrogens with one attached hydrogen (secondary N) is 1. The van der Waals surface area contributed by atoms with Crippen molar-refractivity contribution in [1.29, 1.82) is 0 Å². The maximum atomic E-state index is 12.1. The third-order valence-electron chi connectivity index (χ3n) is 5.10. The summed E-state index contributed by atoms with van der Waals surface area (Å²) in [7, 11) is 1.66. The Hall–Kier alpha value is -2.50. The zero-order valence-electron chi connectivity index (χ0n) is 16.0. The van der Waals surface area contributed by atoms with Crippen molar-refractivity contribution in [2.24, 2.45) is 0 Å². The van der Waals surface area contributed by atoms with E-state index < -0.39 is 0 Å². The van der Waals surface area contributed by atoms with Crippen LogP contribution in [0.4, 0.5) is 0 Å². The molecule has 5 nitrogen and oxygen atoms in total. The van der Waals surface area contributed by atoms with E-state index in [0.29, 0.717) is 29.6 Å². The molecule has 1 aromatic heterocycles. The van der Waals surface area contributed by atoms with Crippen molar-refractivity contribution in [3.8, 4) is 11.5 Å². The van der Waals surface area contributed by atoms with Crippen LogP contribution in [0.2, 0.25) is 5.02 Å². The van der Waals surface area contributed by atoms with Gasteiger partial charge in [0.15, 0.2) is 11.3 Å². The fourth-order valence-corrected chi connectivity index (χ4v) is 4.06. The van der Waals surface area contributed by atoms with E-state index in [1.165, 1.54) is 10.5 Å². The lowest BCUT2D eigenvalue weighted by Gasteiger charge is -2.27. The molecule has 1 atom stereocenters. The van der Waals surface area contributed by atoms with Gasteiger partial charge in [-0.3, -0.25) is 4.90 Å². The predicted molar refractivity (Wildman–Crippen MR) is 108 cm³/mol. The second-order valence-corrected chi connectivity index (χ2v) is 7.53. The van der Waals surface area contributed by atoms with Crippen LogP contribution >= 0.6 is 11.6 Å². The third kappa shape index (κ3) is 3.60. The first-order valence-corrected chi connectivity index (χ1v) is 9.84. The summed E-state index contributed by atoms with van der Waals surface area (Å²) in [4.78, 5) is 13.3. The van der Waals surface area contributed by atoms with Crippen molar-refractivity contribution < 1.29 is 18.8 Å². The average molecular weight is 401 g/mol. The normalized spacial score (nSPS) is 15.9. The van der Waals surface area contributed by atoms with E-state index in [0.717, 1.165) is 41.6 Å². The van der Waals surface area contributed by atoms with Crippen LogP contribution in [-0.4, -0.2) is 13.8 Å². The molecule has 0 saturated carbocycles. The molecule has 0 aliphatic carbocycles. The number of rotatable bonds is 5. The Morgan fingerprint density at radius 2 is 2.00 bits per heavy atom. The molecule has 0 saturated heterocycles. The molecule has 146 valence electrons. The number of quaternary nitrogens is 1. The Balaban J connectivity index is 1.70. The summed E-state index contributed by atoms with van der Waals surface area (Å²) in [5.74, 6) is 1.46. The molecule has 1 aliphatic heterocycles. The molecule has 28 heavy (non-hydrogen) atoms. The summed E-state index contributed by atoms with van der Waals surface area (Å²) >= 11 is 6.51. The fraction of sp³-hybridized carbons (Fsp3) is 0.318. The number of halogens is 1. The average Bonchev–Trinajstić information content (AvgIpc) is 2.70. The van der Waals surface area contributed by atoms with Gasteiger partial charge < -0.3 is 13.9 Å². The molecule has 6 heteroatoms. The van der Waals surface area contributed by atoms with E-state index in [9.17, 15) is 4.79 Å². The minimum absolute atomic E-state index is 0.331. The van der Waals surface area contributed by atoms with Gasteiger partial charge in [0.05, 0.1) is 17.7 Å². The van der Waals surface area contributed by atoms with Crippen molar-refractivity contribution in [2.75, 3.05) is 13.8 Å². The first kappa shape index (κ1) is 18.8. The summed E-state index contributed by atoms with van der Waals surface area (Å²) in [6.45, 7) is 4.06. The Bertz CT molecular complexity index is 1060. The summed E-state index contributed by atoms with van der Waals surface area (Å²) in [5, 5.41) is 1.47. The summed E-state index contributed by atoms with van der Waals surface area (Å²) in [5.41, 5.74) is 3.29. The minimum Gasteiger partial charge on any atom is -0.497 e. The van der Waals surface area contributed by atoms with E-state index in [1.807, 2.05) is 18.2 Å². The molecule has 1 aliphatic rings. The molecule has 0 radical (unpaired) electrons. The van der Waals surface area contributed by atoms with Gasteiger partial charge in [0.25, 0.3) is 0 Å². The zero-order chi connectivity index (χ0) is 19.7. The minimum atomic E-state index is -0.331. The van der Waals surface area contributed by atoms with Crippen LogP contribution in [0, 0.1) is 0 Å². The highest BCUT2D eigenvalue weighted by atomic mass is 35.5. The zero-order valence-corrected chi connectivity index (χ0v) is 16.8. The molecule has 1 unspecified atom stereocenters. The van der Waals surface area contributed by atoms with Gasteiger partial charge in [0.2, 0.25) is 6.73 Å². The molecule has 0 bridgehead atoms. The second kappa shape index (κ2) is 7.86. The van der Waals surface area contributed by atoms with Gasteiger partial charge in [-0.1, -0.05) is 24.9 Å². The highest BCUT2D eigenvalue weighted by Crippen LogP contribution is 2.37. The lowest BCUT2D eigenvalue weighted by atomic mass is 10.0. The Kier molecular flexibility index (Phi) is 5.29. The second-order valence-electron chi connectivity index (χ2n) is 7.12. The lowest BCUT2D eigenvalue weighted by Crippen LogP contribution is -3.10. The van der Waals surface area contributed by atoms with Crippen molar-refractivity contribution >= 4 is 22.6 Å². The molecule has 1 N–H and O–H groups in total. The summed E-state index contributed by atoms with van der Waals surface area (Å²) in [6, 6.07) is 11.4. The standard InChI is InChI=1S/C22H22ClNO4/c1-3-4-15-9-20(25)28-21-17(15)10-19(23)22-18(21)12-24(13-27-22)11-14-5-7-16(26-2)8-6-14/h5-10H,3-4,11-13H2,1-2H3/p+1. The smallest absolute Gasteiger partial charge is 0.336 e. The Morgan fingerprint density at radius 1 is 1.21 bits per heavy atom. The molecular formula is C22H23ClNO4+. The van der Waals surface area contributed by atoms with Gasteiger partial charge in [0, 0.05) is 17.0 Å². The van der Waals surface area contributed by atoms with Crippen LogP contribution in [0.15, 0.2) is 45.6 Å². The number of methoxy groups -OCH3 is 1. The predicted octanol–water partition coefficient (Wildman–Crippen LogP) is 3.34. The molecule has 2 aromatic carbocycles. The number of fused-ring (bicyclic) bond motifs is 3. The largest absolute Gasteiger partial charge is 0.497 e. The molecule has 3 aromatic rings. The van der Waals surface area contributed by atoms with Gasteiger partial charge in [-0.05, 0) is 42.3 Å². The van der Waals surface area contributed by atoms with Gasteiger partial charge in [0.1, 0.15) is 18.8 Å². The van der Waals surface area contributed by atoms with E-state index in [4.69, 9.17) is 25.5 Å². The maximum Gasteiger partial charge on any atom is 0.336 e. The molecule has 0 spiro atoms. The highest BCUT2D eigenvalue weighted by Gasteiger charge is 2.27. The van der Waals surface area contributed by atoms with Crippen LogP contribution in [0.5, 0.6) is 11.5 Å². The topological polar surface area (TPSA) is 53.1 Å². The van der Waals surface area contributed by atoms with Gasteiger partial charge in [-0.15, -0.1) is 0 Å². The van der Waals surface area contributed by atoms with E-state index in [2.05, 4.69) is 19.1 Å². The van der Waals surface area contributed by atoms with E-state index in [-0.39, 0.29) is 5.63 Å². The number of ether oxygens (including phenoxy) is 2. The van der Waals surface area contributed by atoms with E-state index in [1.54, 1.807) is 13.2 Å². The molecule has 0 fully saturated rings. The number of hydrogen-bond donors (Lipinski definition) is 1. The van der Waals surface area contributed by atoms with E-state index >= 15 is 0 Å². The van der Waals surface area contributed by atoms with Gasteiger partial charge in [-0.2, -0.15) is 0 Å². The molecular weight excluding hydrogens is 378 g/mol. The fourth-order valence-electron chi connectivity index (χ4n) is 3.79. The summed E-state index contributed by atoms with van der Waals surface area (Å²) < 4.78 is 16.8. The first-order valence-electron chi connectivity index (χ1n) is 9.46. The monoisotopic (exact) mass is 400 g/mol. The quantitative estimate of drug-likeness (QED) is 0.667.